The largest absolute Gasteiger partial charge is 0.430 e. The average Bonchev–Trinajstić information content (AvgIpc) is 2.85. The second-order valence-corrected chi connectivity index (χ2v) is 7.26. The van der Waals surface area contributed by atoms with E-state index in [0.29, 0.717) is 10.9 Å². The van der Waals surface area contributed by atoms with Crippen molar-refractivity contribution in [2.24, 2.45) is 0 Å². The van der Waals surface area contributed by atoms with Crippen LogP contribution in [0, 0.1) is 6.92 Å². The Labute approximate surface area is 119 Å². The van der Waals surface area contributed by atoms with Gasteiger partial charge in [0.1, 0.15) is 5.75 Å². The first-order valence-electron chi connectivity index (χ1n) is 5.72. The molecule has 0 spiro atoms. The summed E-state index contributed by atoms with van der Waals surface area (Å²) in [7, 11) is -3.19. The third kappa shape index (κ3) is 2.52. The molecular formula is C12H11N3O3S2. The Bertz CT molecular complexity index is 832. The van der Waals surface area contributed by atoms with Gasteiger partial charge in [-0.2, -0.15) is 0 Å². The molecule has 6 nitrogen and oxygen atoms in total. The normalized spacial score (nSPS) is 11.9. The Morgan fingerprint density at radius 3 is 2.55 bits per heavy atom. The summed E-state index contributed by atoms with van der Waals surface area (Å²) in [5.74, 6) is 0.533. The molecule has 8 heteroatoms. The summed E-state index contributed by atoms with van der Waals surface area (Å²) in [5, 5.41) is 4.69. The van der Waals surface area contributed by atoms with Gasteiger partial charge >= 0.3 is 0 Å². The molecule has 0 saturated heterocycles. The van der Waals surface area contributed by atoms with Crippen molar-refractivity contribution in [3.8, 4) is 10.9 Å². The minimum Gasteiger partial charge on any atom is -0.430 e. The number of nitrogens with zero attached hydrogens (tertiary/aromatic N) is 3. The highest BCUT2D eigenvalue weighted by atomic mass is 32.2. The van der Waals surface area contributed by atoms with Crippen molar-refractivity contribution in [2.75, 3.05) is 6.26 Å². The molecule has 0 atom stereocenters. The van der Waals surface area contributed by atoms with Crippen molar-refractivity contribution in [3.05, 3.63) is 36.2 Å². The fraction of sp³-hybridized carbons (Fsp3) is 0.167. The minimum atomic E-state index is -3.19. The van der Waals surface area contributed by atoms with Crippen LogP contribution in [0.1, 0.15) is 5.69 Å². The maximum atomic E-state index is 11.4. The Balaban J connectivity index is 1.85. The van der Waals surface area contributed by atoms with Crippen molar-refractivity contribution >= 4 is 26.1 Å². The fourth-order valence-electron chi connectivity index (χ4n) is 1.69. The van der Waals surface area contributed by atoms with E-state index in [1.54, 1.807) is 16.6 Å². The quantitative estimate of drug-likeness (QED) is 0.742. The molecule has 2 heterocycles. The van der Waals surface area contributed by atoms with Gasteiger partial charge in [-0.1, -0.05) is 0 Å². The lowest BCUT2D eigenvalue weighted by Crippen LogP contribution is -1.96. The third-order valence-electron chi connectivity index (χ3n) is 2.60. The van der Waals surface area contributed by atoms with Gasteiger partial charge in [-0.05, 0) is 42.5 Å². The number of hydrogen-bond donors (Lipinski definition) is 0. The van der Waals surface area contributed by atoms with E-state index in [9.17, 15) is 8.42 Å². The van der Waals surface area contributed by atoms with Crippen LogP contribution in [0.3, 0.4) is 0 Å². The molecule has 0 aliphatic heterocycles. The van der Waals surface area contributed by atoms with Crippen molar-refractivity contribution in [1.29, 1.82) is 0 Å². The van der Waals surface area contributed by atoms with Gasteiger partial charge in [0, 0.05) is 6.26 Å². The van der Waals surface area contributed by atoms with Crippen LogP contribution in [-0.2, 0) is 9.84 Å². The van der Waals surface area contributed by atoms with Crippen LogP contribution in [0.2, 0.25) is 0 Å². The molecule has 2 aromatic heterocycles. The highest BCUT2D eigenvalue weighted by Crippen LogP contribution is 2.27. The molecule has 3 aromatic rings. The number of aryl methyl sites for hydroxylation is 1. The van der Waals surface area contributed by atoms with Gasteiger partial charge < -0.3 is 4.74 Å². The first kappa shape index (κ1) is 13.1. The fourth-order valence-corrected chi connectivity index (χ4v) is 3.12. The number of ether oxygens (including phenoxy) is 1. The maximum Gasteiger partial charge on any atom is 0.299 e. The van der Waals surface area contributed by atoms with Crippen molar-refractivity contribution in [1.82, 2.24) is 14.6 Å². The zero-order valence-corrected chi connectivity index (χ0v) is 12.4. The van der Waals surface area contributed by atoms with Crippen LogP contribution in [0.15, 0.2) is 35.4 Å². The number of sulfone groups is 1. The zero-order chi connectivity index (χ0) is 14.3. The van der Waals surface area contributed by atoms with E-state index < -0.39 is 9.84 Å². The van der Waals surface area contributed by atoms with Crippen LogP contribution in [-0.4, -0.2) is 29.3 Å². The molecule has 0 fully saturated rings. The smallest absolute Gasteiger partial charge is 0.299 e. The second-order valence-electron chi connectivity index (χ2n) is 4.32. The van der Waals surface area contributed by atoms with Crippen molar-refractivity contribution in [2.45, 2.75) is 11.8 Å². The Morgan fingerprint density at radius 1 is 1.25 bits per heavy atom. The number of benzene rings is 1. The average molecular weight is 309 g/mol. The van der Waals surface area contributed by atoms with Gasteiger partial charge in [-0.25, -0.2) is 17.9 Å². The Hall–Kier alpha value is -1.93. The molecule has 0 amide bonds. The van der Waals surface area contributed by atoms with E-state index in [2.05, 4.69) is 10.1 Å². The van der Waals surface area contributed by atoms with Crippen LogP contribution in [0.5, 0.6) is 10.9 Å². The van der Waals surface area contributed by atoms with Crippen LogP contribution < -0.4 is 4.74 Å². The first-order chi connectivity index (χ1) is 9.41. The molecular weight excluding hydrogens is 298 g/mol. The molecule has 0 aliphatic carbocycles. The van der Waals surface area contributed by atoms with E-state index in [-0.39, 0.29) is 4.90 Å². The summed E-state index contributed by atoms with van der Waals surface area (Å²) in [4.78, 5) is 5.30. The van der Waals surface area contributed by atoms with E-state index in [4.69, 9.17) is 4.74 Å². The number of fused-ring (bicyclic) bond motifs is 1. The summed E-state index contributed by atoms with van der Waals surface area (Å²) >= 11 is 1.32. The SMILES string of the molecule is Cc1cn2nc(Oc3ccc(S(C)(=O)=O)cc3)sc2n1. The molecule has 0 unspecified atom stereocenters. The van der Waals surface area contributed by atoms with Crippen LogP contribution >= 0.6 is 11.3 Å². The van der Waals surface area contributed by atoms with E-state index in [0.717, 1.165) is 10.7 Å². The van der Waals surface area contributed by atoms with Crippen molar-refractivity contribution < 1.29 is 13.2 Å². The lowest BCUT2D eigenvalue weighted by Gasteiger charge is -2.02. The van der Waals surface area contributed by atoms with Crippen LogP contribution in [0.4, 0.5) is 0 Å². The first-order valence-corrected chi connectivity index (χ1v) is 8.43. The van der Waals surface area contributed by atoms with Gasteiger partial charge in [0.15, 0.2) is 9.84 Å². The summed E-state index contributed by atoms with van der Waals surface area (Å²) in [6.45, 7) is 1.89. The van der Waals surface area contributed by atoms with Gasteiger partial charge in [0.25, 0.3) is 5.19 Å². The lowest BCUT2D eigenvalue weighted by molar-refractivity contribution is 0.470. The number of aromatic nitrogens is 3. The standard InChI is InChI=1S/C12H11N3O3S2/c1-8-7-15-11(13-8)19-12(14-15)18-9-3-5-10(6-4-9)20(2,16)17/h3-7H,1-2H3. The monoisotopic (exact) mass is 309 g/mol. The van der Waals surface area contributed by atoms with E-state index in [1.807, 2.05) is 13.1 Å². The molecule has 0 aliphatic rings. The maximum absolute atomic E-state index is 11.4. The van der Waals surface area contributed by atoms with Gasteiger partial charge in [-0.15, -0.1) is 5.10 Å². The Kier molecular flexibility index (Phi) is 2.98. The van der Waals surface area contributed by atoms with Crippen molar-refractivity contribution in [3.63, 3.8) is 0 Å². The molecule has 0 radical (unpaired) electrons. The highest BCUT2D eigenvalue weighted by Gasteiger charge is 2.10. The third-order valence-corrected chi connectivity index (χ3v) is 4.53. The summed E-state index contributed by atoms with van der Waals surface area (Å²) in [6, 6.07) is 6.22. The molecule has 0 saturated carbocycles. The topological polar surface area (TPSA) is 73.6 Å². The number of hydrogen-bond acceptors (Lipinski definition) is 6. The molecule has 0 N–H and O–H groups in total. The number of imidazole rings is 1. The zero-order valence-electron chi connectivity index (χ0n) is 10.8. The van der Waals surface area contributed by atoms with Gasteiger partial charge in [0.2, 0.25) is 4.96 Å². The summed E-state index contributed by atoms with van der Waals surface area (Å²) < 4.78 is 29.9. The molecule has 0 bridgehead atoms. The van der Waals surface area contributed by atoms with E-state index in [1.165, 1.54) is 29.7 Å². The molecule has 104 valence electrons. The minimum absolute atomic E-state index is 0.259. The lowest BCUT2D eigenvalue weighted by atomic mass is 10.3. The highest BCUT2D eigenvalue weighted by molar-refractivity contribution is 7.90. The summed E-state index contributed by atoms with van der Waals surface area (Å²) in [5.41, 5.74) is 0.896. The Morgan fingerprint density at radius 2 is 1.95 bits per heavy atom. The molecule has 3 rings (SSSR count). The molecule has 20 heavy (non-hydrogen) atoms. The van der Waals surface area contributed by atoms with E-state index >= 15 is 0 Å². The van der Waals surface area contributed by atoms with Gasteiger partial charge in [-0.3, -0.25) is 0 Å². The van der Waals surface area contributed by atoms with Gasteiger partial charge in [0.05, 0.1) is 16.8 Å². The predicted octanol–water partition coefficient (Wildman–Crippen LogP) is 2.30. The number of rotatable bonds is 3. The second kappa shape index (κ2) is 4.57. The van der Waals surface area contributed by atoms with Crippen LogP contribution in [0.25, 0.3) is 4.96 Å². The molecule has 1 aromatic carbocycles. The summed E-state index contributed by atoms with van der Waals surface area (Å²) in [6.07, 6.45) is 2.98. The predicted molar refractivity (Wildman–Crippen MR) is 75.2 cm³/mol.